The Balaban J connectivity index is 2.25. The van der Waals surface area contributed by atoms with E-state index in [4.69, 9.17) is 0 Å². The van der Waals surface area contributed by atoms with Gasteiger partial charge in [0.25, 0.3) is 0 Å². The normalized spacial score (nSPS) is 12.7. The van der Waals surface area contributed by atoms with Crippen molar-refractivity contribution in [2.24, 2.45) is 12.0 Å². The van der Waals surface area contributed by atoms with Crippen molar-refractivity contribution < 1.29 is 9.90 Å². The van der Waals surface area contributed by atoms with Crippen LogP contribution >= 0.6 is 0 Å². The van der Waals surface area contributed by atoms with Crippen molar-refractivity contribution >= 4 is 12.2 Å². The average molecular weight is 241 g/mol. The molecule has 2 heterocycles. The van der Waals surface area contributed by atoms with Crippen LogP contribution < -0.4 is 0 Å². The quantitative estimate of drug-likeness (QED) is 0.870. The summed E-state index contributed by atoms with van der Waals surface area (Å²) in [6, 6.07) is 5.78. The van der Waals surface area contributed by atoms with Crippen LogP contribution in [0, 0.1) is 0 Å². The molecule has 1 aliphatic rings. The number of aryl methyl sites for hydroxylation is 1. The van der Waals surface area contributed by atoms with E-state index in [1.807, 2.05) is 18.2 Å². The van der Waals surface area contributed by atoms with Gasteiger partial charge >= 0.3 is 5.97 Å². The predicted octanol–water partition coefficient (Wildman–Crippen LogP) is 1.72. The molecule has 3 rings (SSSR count). The molecule has 0 spiro atoms. The number of hydrogen-bond donors (Lipinski definition) is 1. The Morgan fingerprint density at radius 1 is 1.44 bits per heavy atom. The van der Waals surface area contributed by atoms with E-state index >= 15 is 0 Å². The number of nitrogens with zero attached hydrogens (tertiary/aromatic N) is 3. The highest BCUT2D eigenvalue weighted by Crippen LogP contribution is 2.29. The molecule has 0 radical (unpaired) electrons. The van der Waals surface area contributed by atoms with E-state index < -0.39 is 5.97 Å². The highest BCUT2D eigenvalue weighted by molar-refractivity contribution is 6.00. The van der Waals surface area contributed by atoms with Crippen LogP contribution in [-0.2, 0) is 13.6 Å². The van der Waals surface area contributed by atoms with E-state index in [9.17, 15) is 9.90 Å². The molecule has 18 heavy (non-hydrogen) atoms. The van der Waals surface area contributed by atoms with Crippen LogP contribution in [0.25, 0.3) is 11.3 Å². The molecule has 0 amide bonds. The lowest BCUT2D eigenvalue weighted by Crippen LogP contribution is -1.99. The second-order valence-electron chi connectivity index (χ2n) is 4.22. The van der Waals surface area contributed by atoms with Crippen molar-refractivity contribution in [2.45, 2.75) is 6.54 Å². The molecule has 5 nitrogen and oxygen atoms in total. The minimum absolute atomic E-state index is 0.214. The van der Waals surface area contributed by atoms with Crippen LogP contribution in [0.4, 0.5) is 0 Å². The third kappa shape index (κ3) is 1.52. The van der Waals surface area contributed by atoms with Gasteiger partial charge in [-0.15, -0.1) is 0 Å². The number of aromatic carboxylic acids is 1. The van der Waals surface area contributed by atoms with Crippen molar-refractivity contribution in [2.75, 3.05) is 0 Å². The third-order valence-corrected chi connectivity index (χ3v) is 2.99. The van der Waals surface area contributed by atoms with Gasteiger partial charge in [0.2, 0.25) is 0 Å². The van der Waals surface area contributed by atoms with Crippen molar-refractivity contribution in [3.63, 3.8) is 0 Å². The van der Waals surface area contributed by atoms with Crippen molar-refractivity contribution in [3.05, 3.63) is 41.1 Å². The number of hydrogen-bond acceptors (Lipinski definition) is 3. The minimum Gasteiger partial charge on any atom is -0.478 e. The lowest BCUT2D eigenvalue weighted by molar-refractivity contribution is 0.0697. The Hall–Kier alpha value is -2.43. The number of rotatable bonds is 2. The number of carboxylic acids is 1. The Kier molecular flexibility index (Phi) is 2.26. The molecule has 1 aliphatic heterocycles. The predicted molar refractivity (Wildman–Crippen MR) is 66.9 cm³/mol. The summed E-state index contributed by atoms with van der Waals surface area (Å²) in [6.07, 6.45) is 3.30. The first-order valence-electron chi connectivity index (χ1n) is 5.56. The van der Waals surface area contributed by atoms with Crippen LogP contribution in [0.1, 0.15) is 21.5 Å². The van der Waals surface area contributed by atoms with Gasteiger partial charge < -0.3 is 5.11 Å². The SMILES string of the molecule is Cn1cc(C(=O)O)c(-c2cccc3c2C=NC3)n1. The first-order valence-corrected chi connectivity index (χ1v) is 5.56. The van der Waals surface area contributed by atoms with Gasteiger partial charge in [-0.3, -0.25) is 9.67 Å². The number of carboxylic acid groups (broad SMARTS) is 1. The van der Waals surface area contributed by atoms with Gasteiger partial charge in [-0.25, -0.2) is 4.79 Å². The van der Waals surface area contributed by atoms with E-state index in [2.05, 4.69) is 10.1 Å². The zero-order chi connectivity index (χ0) is 12.7. The standard InChI is InChI=1S/C13H11N3O2/c1-16-7-11(13(17)18)12(15-16)9-4-2-3-8-5-14-6-10(8)9/h2-4,6-7H,5H2,1H3,(H,17,18). The molecule has 0 saturated carbocycles. The van der Waals surface area contributed by atoms with Crippen LogP contribution in [-0.4, -0.2) is 27.1 Å². The Labute approximate surface area is 103 Å². The monoisotopic (exact) mass is 241 g/mol. The second kappa shape index (κ2) is 3.80. The number of carbonyl (C=O) groups is 1. The van der Waals surface area contributed by atoms with Crippen LogP contribution in [0.2, 0.25) is 0 Å². The maximum absolute atomic E-state index is 11.2. The number of benzene rings is 1. The third-order valence-electron chi connectivity index (χ3n) is 2.99. The fourth-order valence-electron chi connectivity index (χ4n) is 2.19. The first-order chi connectivity index (χ1) is 8.66. The Morgan fingerprint density at radius 2 is 2.28 bits per heavy atom. The summed E-state index contributed by atoms with van der Waals surface area (Å²) in [5, 5.41) is 13.5. The fourth-order valence-corrected chi connectivity index (χ4v) is 2.19. The van der Waals surface area contributed by atoms with E-state index in [1.165, 1.54) is 10.9 Å². The van der Waals surface area contributed by atoms with Gasteiger partial charge in [-0.05, 0) is 5.56 Å². The molecular formula is C13H11N3O2. The molecule has 0 bridgehead atoms. The number of aromatic nitrogens is 2. The van der Waals surface area contributed by atoms with Gasteiger partial charge in [0.05, 0.1) is 6.54 Å². The zero-order valence-electron chi connectivity index (χ0n) is 9.79. The highest BCUT2D eigenvalue weighted by Gasteiger charge is 2.20. The zero-order valence-corrected chi connectivity index (χ0v) is 9.79. The molecule has 90 valence electrons. The summed E-state index contributed by atoms with van der Waals surface area (Å²) in [5.41, 5.74) is 3.61. The summed E-state index contributed by atoms with van der Waals surface area (Å²) in [5.74, 6) is -0.967. The number of aliphatic imine (C=N–C) groups is 1. The average Bonchev–Trinajstić information content (AvgIpc) is 2.94. The Morgan fingerprint density at radius 3 is 3.06 bits per heavy atom. The lowest BCUT2D eigenvalue weighted by Gasteiger charge is -2.04. The van der Waals surface area contributed by atoms with Crippen molar-refractivity contribution in [1.82, 2.24) is 9.78 Å². The van der Waals surface area contributed by atoms with E-state index in [0.29, 0.717) is 12.2 Å². The van der Waals surface area contributed by atoms with Gasteiger partial charge in [0.15, 0.2) is 0 Å². The molecular weight excluding hydrogens is 230 g/mol. The molecule has 1 aromatic heterocycles. The molecule has 0 aliphatic carbocycles. The largest absolute Gasteiger partial charge is 0.478 e. The molecule has 1 aromatic carbocycles. The molecule has 0 unspecified atom stereocenters. The second-order valence-corrected chi connectivity index (χ2v) is 4.22. The molecule has 2 aromatic rings. The van der Waals surface area contributed by atoms with Gasteiger partial charge in [-0.1, -0.05) is 18.2 Å². The fraction of sp³-hybridized carbons (Fsp3) is 0.154. The topological polar surface area (TPSA) is 67.5 Å². The smallest absolute Gasteiger partial charge is 0.339 e. The van der Waals surface area contributed by atoms with E-state index in [-0.39, 0.29) is 5.56 Å². The number of fused-ring (bicyclic) bond motifs is 1. The van der Waals surface area contributed by atoms with Crippen LogP contribution in [0.5, 0.6) is 0 Å². The minimum atomic E-state index is -0.967. The molecule has 0 atom stereocenters. The van der Waals surface area contributed by atoms with E-state index in [1.54, 1.807) is 13.3 Å². The summed E-state index contributed by atoms with van der Waals surface area (Å²) in [7, 11) is 1.72. The summed E-state index contributed by atoms with van der Waals surface area (Å²) in [4.78, 5) is 15.4. The summed E-state index contributed by atoms with van der Waals surface area (Å²) in [6.45, 7) is 0.651. The molecule has 0 fully saturated rings. The van der Waals surface area contributed by atoms with Gasteiger partial charge in [-0.2, -0.15) is 5.10 Å². The molecule has 5 heteroatoms. The molecule has 1 N–H and O–H groups in total. The van der Waals surface area contributed by atoms with Gasteiger partial charge in [0.1, 0.15) is 11.3 Å². The van der Waals surface area contributed by atoms with Crippen LogP contribution in [0.15, 0.2) is 29.4 Å². The maximum Gasteiger partial charge on any atom is 0.339 e. The highest BCUT2D eigenvalue weighted by atomic mass is 16.4. The summed E-state index contributed by atoms with van der Waals surface area (Å²) >= 11 is 0. The van der Waals surface area contributed by atoms with Crippen LogP contribution in [0.3, 0.4) is 0 Å². The first kappa shape index (κ1) is 10.7. The van der Waals surface area contributed by atoms with Crippen molar-refractivity contribution in [1.29, 1.82) is 0 Å². The Bertz CT molecular complexity index is 671. The molecule has 0 saturated heterocycles. The van der Waals surface area contributed by atoms with Crippen molar-refractivity contribution in [3.8, 4) is 11.3 Å². The lowest BCUT2D eigenvalue weighted by atomic mass is 9.99. The van der Waals surface area contributed by atoms with Gasteiger partial charge in [0, 0.05) is 30.6 Å². The summed E-state index contributed by atoms with van der Waals surface area (Å²) < 4.78 is 1.52. The maximum atomic E-state index is 11.2. The van der Waals surface area contributed by atoms with E-state index in [0.717, 1.165) is 16.7 Å².